The topological polar surface area (TPSA) is 17.1 Å². The van der Waals surface area contributed by atoms with E-state index in [0.29, 0.717) is 28.8 Å². The zero-order valence-corrected chi connectivity index (χ0v) is 10.4. The van der Waals surface area contributed by atoms with Crippen LogP contribution in [0.5, 0.6) is 0 Å². The van der Waals surface area contributed by atoms with Gasteiger partial charge in [-0.3, -0.25) is 4.79 Å². The Kier molecular flexibility index (Phi) is 5.26. The molecule has 0 saturated carbocycles. The van der Waals surface area contributed by atoms with Crippen LogP contribution in [0, 0.1) is 5.82 Å². The average molecular weight is 294 g/mol. The first-order valence-electron chi connectivity index (χ1n) is 4.65. The quantitative estimate of drug-likeness (QED) is 0.756. The maximum absolute atomic E-state index is 13.1. The molecule has 0 radical (unpaired) electrons. The fourth-order valence-electron chi connectivity index (χ4n) is 1.25. The zero-order valence-electron chi connectivity index (χ0n) is 8.10. The third-order valence-corrected chi connectivity index (χ3v) is 3.16. The summed E-state index contributed by atoms with van der Waals surface area (Å²) in [6, 6.07) is 4.70. The largest absolute Gasteiger partial charge is 0.299 e. The van der Waals surface area contributed by atoms with Crippen molar-refractivity contribution in [1.29, 1.82) is 0 Å². The minimum Gasteiger partial charge on any atom is -0.299 e. The van der Waals surface area contributed by atoms with Crippen molar-refractivity contribution in [1.82, 2.24) is 0 Å². The van der Waals surface area contributed by atoms with Crippen LogP contribution in [0.4, 0.5) is 4.39 Å². The highest BCUT2D eigenvalue weighted by Gasteiger charge is 2.09. The molecular weight excluding hydrogens is 282 g/mol. The van der Waals surface area contributed by atoms with Crippen LogP contribution in [0.1, 0.15) is 18.4 Å². The molecule has 0 aliphatic rings. The van der Waals surface area contributed by atoms with Gasteiger partial charge in [-0.1, -0.05) is 12.1 Å². The molecule has 0 amide bonds. The Bertz CT molecular complexity index is 354. The van der Waals surface area contributed by atoms with Gasteiger partial charge in [0.15, 0.2) is 0 Å². The number of benzene rings is 1. The number of carbonyl (C=O) groups excluding carboxylic acids is 1. The van der Waals surface area contributed by atoms with Crippen molar-refractivity contribution in [2.45, 2.75) is 19.3 Å². The van der Waals surface area contributed by atoms with Gasteiger partial charge in [-0.25, -0.2) is 4.39 Å². The number of alkyl halides is 1. The van der Waals surface area contributed by atoms with E-state index in [9.17, 15) is 9.18 Å². The number of ketones is 1. The Morgan fingerprint density at radius 1 is 1.47 bits per heavy atom. The van der Waals surface area contributed by atoms with Crippen LogP contribution in [-0.4, -0.2) is 11.7 Å². The summed E-state index contributed by atoms with van der Waals surface area (Å²) in [6.07, 6.45) is 1.38. The van der Waals surface area contributed by atoms with Crippen LogP contribution >= 0.6 is 27.5 Å². The van der Waals surface area contributed by atoms with E-state index in [1.54, 1.807) is 12.1 Å². The zero-order chi connectivity index (χ0) is 11.3. The van der Waals surface area contributed by atoms with E-state index in [2.05, 4.69) is 15.9 Å². The third-order valence-electron chi connectivity index (χ3n) is 2.01. The van der Waals surface area contributed by atoms with Gasteiger partial charge >= 0.3 is 0 Å². The lowest BCUT2D eigenvalue weighted by atomic mass is 10.1. The first-order chi connectivity index (χ1) is 7.15. The fraction of sp³-hybridized carbons (Fsp3) is 0.364. The molecular formula is C11H11BrClFO. The van der Waals surface area contributed by atoms with E-state index in [0.717, 1.165) is 0 Å². The fourth-order valence-corrected chi connectivity index (χ4v) is 1.79. The molecule has 0 fully saturated rings. The van der Waals surface area contributed by atoms with E-state index in [1.165, 1.54) is 6.07 Å². The summed E-state index contributed by atoms with van der Waals surface area (Å²) >= 11 is 8.61. The van der Waals surface area contributed by atoms with Gasteiger partial charge in [-0.15, -0.1) is 11.6 Å². The number of carbonyl (C=O) groups is 1. The molecule has 0 saturated heterocycles. The van der Waals surface area contributed by atoms with E-state index < -0.39 is 0 Å². The number of rotatable bonds is 5. The minimum atomic E-state index is -0.336. The Morgan fingerprint density at radius 3 is 2.87 bits per heavy atom. The molecule has 0 aromatic heterocycles. The molecule has 0 aliphatic heterocycles. The highest BCUT2D eigenvalue weighted by molar-refractivity contribution is 9.10. The van der Waals surface area contributed by atoms with Gasteiger partial charge in [0.05, 0.1) is 4.47 Å². The van der Waals surface area contributed by atoms with E-state index >= 15 is 0 Å². The number of hydrogen-bond donors (Lipinski definition) is 0. The van der Waals surface area contributed by atoms with Crippen molar-refractivity contribution >= 4 is 33.3 Å². The molecule has 1 aromatic rings. The second kappa shape index (κ2) is 6.23. The predicted molar refractivity (Wildman–Crippen MR) is 62.8 cm³/mol. The van der Waals surface area contributed by atoms with Crippen molar-refractivity contribution in [2.75, 3.05) is 5.88 Å². The molecule has 1 rings (SSSR count). The van der Waals surface area contributed by atoms with Crippen LogP contribution in [0.2, 0.25) is 0 Å². The lowest BCUT2D eigenvalue weighted by Crippen LogP contribution is -2.04. The molecule has 0 aliphatic carbocycles. The van der Waals surface area contributed by atoms with Crippen LogP contribution in [0.3, 0.4) is 0 Å². The highest BCUT2D eigenvalue weighted by Crippen LogP contribution is 2.21. The summed E-state index contributed by atoms with van der Waals surface area (Å²) in [6.45, 7) is 0. The first-order valence-corrected chi connectivity index (χ1v) is 5.98. The number of Topliss-reactive ketones (excluding diaryl/α,β-unsaturated/α-hetero) is 1. The van der Waals surface area contributed by atoms with Crippen molar-refractivity contribution in [3.05, 3.63) is 34.1 Å². The molecule has 1 aromatic carbocycles. The van der Waals surface area contributed by atoms with Gasteiger partial charge in [0, 0.05) is 18.7 Å². The van der Waals surface area contributed by atoms with Crippen molar-refractivity contribution in [3.63, 3.8) is 0 Å². The Morgan fingerprint density at radius 2 is 2.20 bits per heavy atom. The maximum Gasteiger partial charge on any atom is 0.137 e. The second-order valence-electron chi connectivity index (χ2n) is 3.22. The second-order valence-corrected chi connectivity index (χ2v) is 4.39. The normalized spacial score (nSPS) is 10.3. The molecule has 0 N–H and O–H groups in total. The Balaban J connectivity index is 2.64. The molecule has 1 nitrogen and oxygen atoms in total. The summed E-state index contributed by atoms with van der Waals surface area (Å²) in [5.74, 6) is 0.232. The highest BCUT2D eigenvalue weighted by atomic mass is 79.9. The van der Waals surface area contributed by atoms with Gasteiger partial charge < -0.3 is 0 Å². The molecule has 0 unspecified atom stereocenters. The Labute approximate surface area is 102 Å². The molecule has 0 atom stereocenters. The molecule has 82 valence electrons. The van der Waals surface area contributed by atoms with Crippen LogP contribution in [-0.2, 0) is 11.2 Å². The van der Waals surface area contributed by atoms with Gasteiger partial charge in [0.1, 0.15) is 11.6 Å². The lowest BCUT2D eigenvalue weighted by molar-refractivity contribution is -0.118. The molecule has 0 heterocycles. The summed E-state index contributed by atoms with van der Waals surface area (Å²) in [4.78, 5) is 11.4. The summed E-state index contributed by atoms with van der Waals surface area (Å²) in [7, 11) is 0. The van der Waals surface area contributed by atoms with Gasteiger partial charge in [0.2, 0.25) is 0 Å². The number of hydrogen-bond acceptors (Lipinski definition) is 1. The maximum atomic E-state index is 13.1. The predicted octanol–water partition coefficient (Wildman–Crippen LogP) is 3.72. The van der Waals surface area contributed by atoms with Crippen LogP contribution in [0.15, 0.2) is 22.7 Å². The lowest BCUT2D eigenvalue weighted by Gasteiger charge is -2.04. The van der Waals surface area contributed by atoms with Crippen molar-refractivity contribution in [2.24, 2.45) is 0 Å². The molecule has 0 bridgehead atoms. The summed E-state index contributed by atoms with van der Waals surface area (Å²) < 4.78 is 13.5. The SMILES string of the molecule is O=C(CCCCl)Cc1cccc(F)c1Br. The Hall–Kier alpha value is -0.410. The van der Waals surface area contributed by atoms with E-state index in [-0.39, 0.29) is 18.0 Å². The summed E-state index contributed by atoms with van der Waals surface area (Å²) in [5, 5.41) is 0. The van der Waals surface area contributed by atoms with Crippen molar-refractivity contribution < 1.29 is 9.18 Å². The smallest absolute Gasteiger partial charge is 0.137 e. The number of halogens is 3. The first kappa shape index (κ1) is 12.7. The van der Waals surface area contributed by atoms with E-state index in [4.69, 9.17) is 11.6 Å². The van der Waals surface area contributed by atoms with E-state index in [1.807, 2.05) is 0 Å². The van der Waals surface area contributed by atoms with Gasteiger partial charge in [-0.2, -0.15) is 0 Å². The third kappa shape index (κ3) is 3.92. The van der Waals surface area contributed by atoms with Crippen molar-refractivity contribution in [3.8, 4) is 0 Å². The average Bonchev–Trinajstić information content (AvgIpc) is 2.22. The molecule has 0 spiro atoms. The standard InChI is InChI=1S/C11H11BrClFO/c12-11-8(3-1-5-10(11)14)7-9(15)4-2-6-13/h1,3,5H,2,4,6-7H2. The van der Waals surface area contributed by atoms with Gasteiger partial charge in [0.25, 0.3) is 0 Å². The summed E-state index contributed by atoms with van der Waals surface area (Å²) in [5.41, 5.74) is 0.689. The molecule has 4 heteroatoms. The van der Waals surface area contributed by atoms with Gasteiger partial charge in [-0.05, 0) is 34.0 Å². The minimum absolute atomic E-state index is 0.0851. The molecule has 15 heavy (non-hydrogen) atoms. The van der Waals surface area contributed by atoms with Crippen LogP contribution in [0.25, 0.3) is 0 Å². The monoisotopic (exact) mass is 292 g/mol. The van der Waals surface area contributed by atoms with Crippen LogP contribution < -0.4 is 0 Å².